The van der Waals surface area contributed by atoms with Crippen LogP contribution in [0.15, 0.2) is 36.4 Å². The number of pyridine rings is 1. The summed E-state index contributed by atoms with van der Waals surface area (Å²) in [6, 6.07) is 8.63. The Hall–Kier alpha value is -2.42. The highest BCUT2D eigenvalue weighted by Crippen LogP contribution is 2.30. The molecule has 1 aromatic carbocycles. The van der Waals surface area contributed by atoms with E-state index < -0.39 is 17.7 Å². The van der Waals surface area contributed by atoms with Crippen LogP contribution in [0.4, 0.5) is 17.6 Å². The smallest absolute Gasteiger partial charge is 0.232 e. The van der Waals surface area contributed by atoms with Crippen LogP contribution >= 0.6 is 0 Å². The van der Waals surface area contributed by atoms with E-state index in [1.807, 2.05) is 0 Å². The Morgan fingerprint density at radius 3 is 2.16 bits per heavy atom. The third-order valence-electron chi connectivity index (χ3n) is 2.45. The largest absolute Gasteiger partial charge is 0.433 e. The molecule has 0 aliphatic rings. The monoisotopic (exact) mass is 266 g/mol. The van der Waals surface area contributed by atoms with Crippen LogP contribution in [0.3, 0.4) is 0 Å². The maximum Gasteiger partial charge on any atom is 0.433 e. The molecule has 0 radical (unpaired) electrons. The van der Waals surface area contributed by atoms with Crippen LogP contribution in [0.2, 0.25) is 0 Å². The van der Waals surface area contributed by atoms with Gasteiger partial charge in [-0.1, -0.05) is 12.1 Å². The van der Waals surface area contributed by atoms with Gasteiger partial charge in [0.2, 0.25) is 0 Å². The second kappa shape index (κ2) is 4.69. The molecule has 2 aromatic rings. The molecule has 0 aliphatic heterocycles. The average Bonchev–Trinajstić information content (AvgIpc) is 2.38. The first-order valence-corrected chi connectivity index (χ1v) is 5.16. The number of nitriles is 1. The molecular formula is C13H6F4N2. The van der Waals surface area contributed by atoms with Crippen molar-refractivity contribution in [3.8, 4) is 17.2 Å². The fraction of sp³-hybridized carbons (Fsp3) is 0.0769. The lowest BCUT2D eigenvalue weighted by atomic mass is 10.0. The van der Waals surface area contributed by atoms with Gasteiger partial charge in [-0.25, -0.2) is 9.37 Å². The van der Waals surface area contributed by atoms with E-state index in [-0.39, 0.29) is 11.3 Å². The lowest BCUT2D eigenvalue weighted by Gasteiger charge is -2.08. The van der Waals surface area contributed by atoms with Crippen molar-refractivity contribution in [2.24, 2.45) is 0 Å². The van der Waals surface area contributed by atoms with Gasteiger partial charge in [0.15, 0.2) is 0 Å². The van der Waals surface area contributed by atoms with Crippen LogP contribution in [0.1, 0.15) is 11.4 Å². The first kappa shape index (κ1) is 13.0. The van der Waals surface area contributed by atoms with Gasteiger partial charge in [-0.2, -0.15) is 18.4 Å². The molecule has 0 spiro atoms. The molecule has 0 unspecified atom stereocenters. The lowest BCUT2D eigenvalue weighted by Crippen LogP contribution is -2.09. The van der Waals surface area contributed by atoms with Crippen molar-refractivity contribution in [3.63, 3.8) is 0 Å². The van der Waals surface area contributed by atoms with Crippen LogP contribution < -0.4 is 0 Å². The molecule has 1 heterocycles. The van der Waals surface area contributed by atoms with E-state index in [0.29, 0.717) is 5.56 Å². The molecule has 1 aromatic heterocycles. The highest BCUT2D eigenvalue weighted by Gasteiger charge is 2.33. The van der Waals surface area contributed by atoms with Gasteiger partial charge >= 0.3 is 6.18 Å². The predicted molar refractivity (Wildman–Crippen MR) is 59.3 cm³/mol. The predicted octanol–water partition coefficient (Wildman–Crippen LogP) is 3.78. The van der Waals surface area contributed by atoms with Crippen molar-refractivity contribution in [2.75, 3.05) is 0 Å². The van der Waals surface area contributed by atoms with E-state index >= 15 is 0 Å². The molecule has 96 valence electrons. The van der Waals surface area contributed by atoms with Gasteiger partial charge in [0.25, 0.3) is 0 Å². The summed E-state index contributed by atoms with van der Waals surface area (Å²) in [6.07, 6.45) is -4.60. The van der Waals surface area contributed by atoms with Crippen molar-refractivity contribution in [2.45, 2.75) is 6.18 Å². The van der Waals surface area contributed by atoms with E-state index in [9.17, 15) is 17.6 Å². The van der Waals surface area contributed by atoms with Crippen molar-refractivity contribution >= 4 is 0 Å². The summed E-state index contributed by atoms with van der Waals surface area (Å²) in [5, 5.41) is 8.87. The van der Waals surface area contributed by atoms with E-state index in [2.05, 4.69) is 4.98 Å². The molecule has 0 saturated heterocycles. The van der Waals surface area contributed by atoms with Crippen molar-refractivity contribution < 1.29 is 17.6 Å². The van der Waals surface area contributed by atoms with Crippen molar-refractivity contribution in [3.05, 3.63) is 53.6 Å². The molecule has 0 N–H and O–H groups in total. The minimum atomic E-state index is -4.60. The molecule has 0 aliphatic carbocycles. The van der Waals surface area contributed by atoms with Gasteiger partial charge in [-0.05, 0) is 29.8 Å². The van der Waals surface area contributed by atoms with Crippen LogP contribution in [0, 0.1) is 17.1 Å². The Labute approximate surface area is 105 Å². The van der Waals surface area contributed by atoms with Gasteiger partial charge in [-0.15, -0.1) is 0 Å². The van der Waals surface area contributed by atoms with Crippen molar-refractivity contribution in [1.29, 1.82) is 5.26 Å². The summed E-state index contributed by atoms with van der Waals surface area (Å²) in [4.78, 5) is 3.28. The van der Waals surface area contributed by atoms with Gasteiger partial charge in [0.05, 0.1) is 0 Å². The molecular weight excluding hydrogens is 260 g/mol. The minimum absolute atomic E-state index is 0.232. The Morgan fingerprint density at radius 2 is 1.63 bits per heavy atom. The number of benzene rings is 1. The zero-order chi connectivity index (χ0) is 14.0. The highest BCUT2D eigenvalue weighted by molar-refractivity contribution is 5.68. The average molecular weight is 266 g/mol. The Balaban J connectivity index is 2.54. The summed E-state index contributed by atoms with van der Waals surface area (Å²) >= 11 is 0. The Bertz CT molecular complexity index is 639. The first-order valence-electron chi connectivity index (χ1n) is 5.16. The maximum atomic E-state index is 12.8. The number of hydrogen-bond acceptors (Lipinski definition) is 2. The van der Waals surface area contributed by atoms with Gasteiger partial charge in [0, 0.05) is 5.56 Å². The van der Waals surface area contributed by atoms with Crippen LogP contribution in [-0.4, -0.2) is 4.98 Å². The topological polar surface area (TPSA) is 36.7 Å². The summed E-state index contributed by atoms with van der Waals surface area (Å²) in [6.45, 7) is 0. The van der Waals surface area contributed by atoms with E-state index in [1.165, 1.54) is 12.1 Å². The molecule has 0 bridgehead atoms. The van der Waals surface area contributed by atoms with Gasteiger partial charge in [0.1, 0.15) is 23.3 Å². The van der Waals surface area contributed by atoms with Crippen LogP contribution in [0.5, 0.6) is 0 Å². The molecule has 19 heavy (non-hydrogen) atoms. The zero-order valence-corrected chi connectivity index (χ0v) is 9.37. The molecule has 0 atom stereocenters. The molecule has 0 saturated carbocycles. The number of halogens is 4. The number of rotatable bonds is 1. The highest BCUT2D eigenvalue weighted by atomic mass is 19.4. The van der Waals surface area contributed by atoms with Gasteiger partial charge in [-0.3, -0.25) is 0 Å². The van der Waals surface area contributed by atoms with Crippen LogP contribution in [-0.2, 0) is 6.18 Å². The number of nitrogens with zero attached hydrogens (tertiary/aromatic N) is 2. The maximum absolute atomic E-state index is 12.8. The van der Waals surface area contributed by atoms with Crippen molar-refractivity contribution in [1.82, 2.24) is 4.98 Å². The molecule has 2 nitrogen and oxygen atoms in total. The summed E-state index contributed by atoms with van der Waals surface area (Å²) in [5.74, 6) is -0.470. The Kier molecular flexibility index (Phi) is 3.21. The number of aromatic nitrogens is 1. The fourth-order valence-corrected chi connectivity index (χ4v) is 1.56. The normalized spacial score (nSPS) is 11.1. The minimum Gasteiger partial charge on any atom is -0.232 e. The van der Waals surface area contributed by atoms with Crippen LogP contribution in [0.25, 0.3) is 11.1 Å². The summed E-state index contributed by atoms with van der Waals surface area (Å²) < 4.78 is 50.2. The quantitative estimate of drug-likeness (QED) is 0.736. The summed E-state index contributed by atoms with van der Waals surface area (Å²) in [5.41, 5.74) is -0.814. The van der Waals surface area contributed by atoms with E-state index in [0.717, 1.165) is 24.3 Å². The molecule has 6 heteroatoms. The standard InChI is InChI=1S/C13H6F4N2/c14-9-3-1-8(2-4-9)10-5-6-12(13(15,16)17)19-11(10)7-18/h1-6H. The third kappa shape index (κ3) is 2.71. The lowest BCUT2D eigenvalue weighted by molar-refractivity contribution is -0.141. The zero-order valence-electron chi connectivity index (χ0n) is 9.37. The molecule has 0 amide bonds. The summed E-state index contributed by atoms with van der Waals surface area (Å²) in [7, 11) is 0. The van der Waals surface area contributed by atoms with Gasteiger partial charge < -0.3 is 0 Å². The third-order valence-corrected chi connectivity index (χ3v) is 2.45. The fourth-order valence-electron chi connectivity index (χ4n) is 1.56. The molecule has 0 fully saturated rings. The first-order chi connectivity index (χ1) is 8.91. The van der Waals surface area contributed by atoms with E-state index in [1.54, 1.807) is 6.07 Å². The van der Waals surface area contributed by atoms with E-state index in [4.69, 9.17) is 5.26 Å². The second-order valence-electron chi connectivity index (χ2n) is 3.71. The SMILES string of the molecule is N#Cc1nc(C(F)(F)F)ccc1-c1ccc(F)cc1. The molecule has 2 rings (SSSR count). The second-order valence-corrected chi connectivity index (χ2v) is 3.71. The number of hydrogen-bond donors (Lipinski definition) is 0. The Morgan fingerprint density at radius 1 is 1.00 bits per heavy atom. The number of alkyl halides is 3.